The van der Waals surface area contributed by atoms with Crippen LogP contribution in [0.25, 0.3) is 10.9 Å². The first-order valence-corrected chi connectivity index (χ1v) is 10.5. The van der Waals surface area contributed by atoms with Gasteiger partial charge in [0.25, 0.3) is 0 Å². The second-order valence-corrected chi connectivity index (χ2v) is 8.12. The Bertz CT molecular complexity index is 870. The number of benzene rings is 1. The molecule has 1 amide bonds. The number of halogens is 1. The van der Waals surface area contributed by atoms with Gasteiger partial charge in [-0.2, -0.15) is 16.4 Å². The van der Waals surface area contributed by atoms with Crippen molar-refractivity contribution in [2.24, 2.45) is 0 Å². The summed E-state index contributed by atoms with van der Waals surface area (Å²) in [5, 5.41) is 15.5. The molecular weight excluding hydrogens is 447 g/mol. The number of fused-ring (bicyclic) bond motifs is 1. The summed E-state index contributed by atoms with van der Waals surface area (Å²) in [6.45, 7) is 1.96. The van der Waals surface area contributed by atoms with E-state index in [0.717, 1.165) is 51.8 Å². The van der Waals surface area contributed by atoms with Gasteiger partial charge in [0.2, 0.25) is 5.91 Å². The van der Waals surface area contributed by atoms with Crippen LogP contribution in [0.1, 0.15) is 30.9 Å². The molecule has 1 atom stereocenters. The van der Waals surface area contributed by atoms with Crippen molar-refractivity contribution in [1.29, 1.82) is 0 Å². The molecule has 4 rings (SSSR count). The molecule has 7 heteroatoms. The summed E-state index contributed by atoms with van der Waals surface area (Å²) < 4.78 is 0.911. The monoisotopic (exact) mass is 466 g/mol. The fourth-order valence-electron chi connectivity index (χ4n) is 3.41. The molecule has 2 aromatic heterocycles. The molecule has 3 aromatic rings. The summed E-state index contributed by atoms with van der Waals surface area (Å²) in [5.74, 6) is 0.0400. The molecule has 0 spiro atoms. The van der Waals surface area contributed by atoms with Gasteiger partial charge in [0.15, 0.2) is 0 Å². The molecule has 1 fully saturated rings. The highest BCUT2D eigenvalue weighted by Crippen LogP contribution is 2.29. The maximum atomic E-state index is 13.1. The lowest BCUT2D eigenvalue weighted by molar-refractivity contribution is -0.121. The minimum Gasteiger partial charge on any atom is -0.324 e. The molecule has 0 bridgehead atoms. The summed E-state index contributed by atoms with van der Waals surface area (Å²) in [5.41, 5.74) is 2.88. The number of aromatic nitrogens is 2. The van der Waals surface area contributed by atoms with Crippen molar-refractivity contribution in [3.8, 4) is 0 Å². The average molecular weight is 466 g/mol. The predicted molar refractivity (Wildman–Crippen MR) is 110 cm³/mol. The third kappa shape index (κ3) is 3.58. The summed E-state index contributed by atoms with van der Waals surface area (Å²) in [6, 6.07) is 7.71. The minimum atomic E-state index is -0.217. The number of aromatic amines is 1. The lowest BCUT2D eigenvalue weighted by atomic mass is 10.0. The molecule has 5 nitrogen and oxygen atoms in total. The van der Waals surface area contributed by atoms with Crippen LogP contribution in [0.15, 0.2) is 35.0 Å². The number of anilines is 1. The molecule has 1 aromatic carbocycles. The lowest BCUT2D eigenvalue weighted by Gasteiger charge is -2.33. The zero-order valence-corrected chi connectivity index (χ0v) is 16.6. The Labute approximate surface area is 163 Å². The van der Waals surface area contributed by atoms with Gasteiger partial charge in [0.05, 0.1) is 5.52 Å². The number of likely N-dealkylation sites (tertiary alicyclic amines) is 1. The van der Waals surface area contributed by atoms with Crippen molar-refractivity contribution in [3.05, 3.63) is 44.3 Å². The summed E-state index contributed by atoms with van der Waals surface area (Å²) in [6.07, 6.45) is 3.57. The molecule has 0 saturated carbocycles. The molecule has 1 aliphatic rings. The maximum absolute atomic E-state index is 13.1. The van der Waals surface area contributed by atoms with Crippen molar-refractivity contribution in [2.75, 3.05) is 18.4 Å². The summed E-state index contributed by atoms with van der Waals surface area (Å²) in [7, 11) is 0. The van der Waals surface area contributed by atoms with E-state index in [1.165, 1.54) is 6.42 Å². The van der Waals surface area contributed by atoms with Gasteiger partial charge in [-0.3, -0.25) is 14.8 Å². The number of hydrogen-bond donors (Lipinski definition) is 2. The third-order valence-corrected chi connectivity index (χ3v) is 6.17. The highest BCUT2D eigenvalue weighted by molar-refractivity contribution is 14.1. The van der Waals surface area contributed by atoms with Crippen LogP contribution in [0, 0.1) is 3.70 Å². The number of nitrogens with zero attached hydrogens (tertiary/aromatic N) is 2. The topological polar surface area (TPSA) is 61.0 Å². The number of thiophene rings is 1. The normalized spacial score (nSPS) is 16.8. The third-order valence-electron chi connectivity index (χ3n) is 4.65. The van der Waals surface area contributed by atoms with Gasteiger partial charge in [0, 0.05) is 11.1 Å². The fourth-order valence-corrected chi connectivity index (χ4v) is 4.65. The molecule has 0 aliphatic carbocycles. The number of nitrogens with one attached hydrogen (secondary N) is 2. The van der Waals surface area contributed by atoms with Crippen LogP contribution >= 0.6 is 33.9 Å². The van der Waals surface area contributed by atoms with E-state index >= 15 is 0 Å². The van der Waals surface area contributed by atoms with E-state index in [-0.39, 0.29) is 11.9 Å². The first-order chi connectivity index (χ1) is 12.2. The van der Waals surface area contributed by atoms with Crippen LogP contribution < -0.4 is 5.32 Å². The van der Waals surface area contributed by atoms with Crippen molar-refractivity contribution in [1.82, 2.24) is 15.1 Å². The second-order valence-electron chi connectivity index (χ2n) is 6.32. The first-order valence-electron chi connectivity index (χ1n) is 8.43. The predicted octanol–water partition coefficient (Wildman–Crippen LogP) is 4.39. The van der Waals surface area contributed by atoms with Gasteiger partial charge in [-0.15, -0.1) is 0 Å². The Morgan fingerprint density at radius 2 is 2.12 bits per heavy atom. The van der Waals surface area contributed by atoms with E-state index in [9.17, 15) is 4.79 Å². The molecule has 130 valence electrons. The highest BCUT2D eigenvalue weighted by atomic mass is 127. The highest BCUT2D eigenvalue weighted by Gasteiger charge is 2.29. The van der Waals surface area contributed by atoms with Gasteiger partial charge in [-0.25, -0.2) is 0 Å². The van der Waals surface area contributed by atoms with E-state index in [0.29, 0.717) is 0 Å². The molecule has 0 radical (unpaired) electrons. The van der Waals surface area contributed by atoms with E-state index in [1.54, 1.807) is 11.3 Å². The van der Waals surface area contributed by atoms with Crippen molar-refractivity contribution in [2.45, 2.75) is 25.3 Å². The Morgan fingerprint density at radius 3 is 2.88 bits per heavy atom. The van der Waals surface area contributed by atoms with E-state index < -0.39 is 0 Å². The Hall–Kier alpha value is -1.45. The maximum Gasteiger partial charge on any atom is 0.246 e. The summed E-state index contributed by atoms with van der Waals surface area (Å²) >= 11 is 3.84. The van der Waals surface area contributed by atoms with Crippen LogP contribution in [0.3, 0.4) is 0 Å². The SMILES string of the molecule is O=C(Nc1ccc2[nH]nc(I)c2c1)C(c1ccsc1)N1CCCCC1. The molecule has 2 N–H and O–H groups in total. The number of rotatable bonds is 4. The quantitative estimate of drug-likeness (QED) is 0.561. The second kappa shape index (κ2) is 7.43. The zero-order valence-electron chi connectivity index (χ0n) is 13.7. The van der Waals surface area contributed by atoms with Crippen molar-refractivity contribution >= 4 is 56.4 Å². The number of H-pyrrole nitrogens is 1. The number of hydrogen-bond acceptors (Lipinski definition) is 4. The van der Waals surface area contributed by atoms with E-state index in [1.807, 2.05) is 23.6 Å². The van der Waals surface area contributed by atoms with Gasteiger partial charge in [0.1, 0.15) is 9.74 Å². The van der Waals surface area contributed by atoms with Crippen LogP contribution in [-0.2, 0) is 4.79 Å². The largest absolute Gasteiger partial charge is 0.324 e. The minimum absolute atomic E-state index is 0.0400. The van der Waals surface area contributed by atoms with E-state index in [4.69, 9.17) is 0 Å². The number of amides is 1. The molecule has 1 unspecified atom stereocenters. The first kappa shape index (κ1) is 17.0. The van der Waals surface area contributed by atoms with Gasteiger partial charge in [-0.05, 0) is 89.1 Å². The molecule has 3 heterocycles. The van der Waals surface area contributed by atoms with Gasteiger partial charge < -0.3 is 5.32 Å². The smallest absolute Gasteiger partial charge is 0.246 e. The van der Waals surface area contributed by atoms with Crippen molar-refractivity contribution in [3.63, 3.8) is 0 Å². The number of carbonyl (C=O) groups is 1. The molecule has 25 heavy (non-hydrogen) atoms. The molecular formula is C18H19IN4OS. The van der Waals surface area contributed by atoms with Gasteiger partial charge >= 0.3 is 0 Å². The van der Waals surface area contributed by atoms with E-state index in [2.05, 4.69) is 54.5 Å². The standard InChI is InChI=1S/C18H19IN4OS/c19-17-14-10-13(4-5-15(14)21-22-17)20-18(24)16(12-6-9-25-11-12)23-7-2-1-3-8-23/h4-6,9-11,16H,1-3,7-8H2,(H,20,24)(H,21,22). The average Bonchev–Trinajstić information content (AvgIpc) is 3.27. The fraction of sp³-hybridized carbons (Fsp3) is 0.333. The van der Waals surface area contributed by atoms with Crippen LogP contribution in [0.5, 0.6) is 0 Å². The van der Waals surface area contributed by atoms with Crippen LogP contribution in [0.4, 0.5) is 5.69 Å². The van der Waals surface area contributed by atoms with Crippen molar-refractivity contribution < 1.29 is 4.79 Å². The Morgan fingerprint density at radius 1 is 1.28 bits per heavy atom. The summed E-state index contributed by atoms with van der Waals surface area (Å²) in [4.78, 5) is 15.4. The lowest BCUT2D eigenvalue weighted by Crippen LogP contribution is -2.40. The number of piperidine rings is 1. The van der Waals surface area contributed by atoms with Crippen LogP contribution in [0.2, 0.25) is 0 Å². The molecule has 1 aliphatic heterocycles. The zero-order chi connectivity index (χ0) is 17.2. The van der Waals surface area contributed by atoms with Crippen LogP contribution in [-0.4, -0.2) is 34.1 Å². The Kier molecular flexibility index (Phi) is 5.05. The number of carbonyl (C=O) groups excluding carboxylic acids is 1. The van der Waals surface area contributed by atoms with Gasteiger partial charge in [-0.1, -0.05) is 6.42 Å². The Balaban J connectivity index is 1.59. The molecule has 1 saturated heterocycles.